The highest BCUT2D eigenvalue weighted by Gasteiger charge is 2.22. The van der Waals surface area contributed by atoms with Crippen molar-refractivity contribution in [3.63, 3.8) is 0 Å². The Bertz CT molecular complexity index is 99.2. The third-order valence-electron chi connectivity index (χ3n) is 1.45. The van der Waals surface area contributed by atoms with Crippen LogP contribution in [0.25, 0.3) is 0 Å². The van der Waals surface area contributed by atoms with E-state index in [0.717, 1.165) is 25.7 Å². The van der Waals surface area contributed by atoms with E-state index in [4.69, 9.17) is 4.74 Å². The standard InChI is InChI=1S/C6H9BrO2/c7-5(4-8)6-2-1-3-9-6/h4-6H,1-3H2/t5-,6-/m0/s1. The van der Waals surface area contributed by atoms with Crippen molar-refractivity contribution < 1.29 is 9.53 Å². The molecule has 2 atom stereocenters. The molecule has 0 aromatic carbocycles. The van der Waals surface area contributed by atoms with Crippen LogP contribution in [0.4, 0.5) is 0 Å². The van der Waals surface area contributed by atoms with Crippen molar-refractivity contribution in [3.05, 3.63) is 0 Å². The zero-order valence-electron chi connectivity index (χ0n) is 5.05. The molecule has 1 fully saturated rings. The van der Waals surface area contributed by atoms with E-state index in [-0.39, 0.29) is 10.9 Å². The Kier molecular flexibility index (Phi) is 2.66. The van der Waals surface area contributed by atoms with Crippen molar-refractivity contribution in [3.8, 4) is 0 Å². The molecule has 9 heavy (non-hydrogen) atoms. The lowest BCUT2D eigenvalue weighted by Crippen LogP contribution is -2.20. The molecule has 52 valence electrons. The van der Waals surface area contributed by atoms with Crippen LogP contribution in [0.5, 0.6) is 0 Å². The number of hydrogen-bond acceptors (Lipinski definition) is 2. The van der Waals surface area contributed by atoms with Crippen LogP contribution in [0.15, 0.2) is 0 Å². The van der Waals surface area contributed by atoms with E-state index in [0.29, 0.717) is 0 Å². The summed E-state index contributed by atoms with van der Waals surface area (Å²) < 4.78 is 5.23. The van der Waals surface area contributed by atoms with Crippen LogP contribution in [0.1, 0.15) is 12.8 Å². The molecule has 1 rings (SSSR count). The summed E-state index contributed by atoms with van der Waals surface area (Å²) in [6, 6.07) is 0. The van der Waals surface area contributed by atoms with Crippen LogP contribution < -0.4 is 0 Å². The second kappa shape index (κ2) is 3.32. The maximum Gasteiger partial charge on any atom is 0.136 e. The van der Waals surface area contributed by atoms with Gasteiger partial charge in [0.25, 0.3) is 0 Å². The van der Waals surface area contributed by atoms with Crippen LogP contribution in [0, 0.1) is 0 Å². The van der Waals surface area contributed by atoms with Gasteiger partial charge in [-0.25, -0.2) is 0 Å². The quantitative estimate of drug-likeness (QED) is 0.485. The third kappa shape index (κ3) is 1.76. The van der Waals surface area contributed by atoms with Crippen molar-refractivity contribution in [2.75, 3.05) is 6.61 Å². The Morgan fingerprint density at radius 2 is 2.56 bits per heavy atom. The fourth-order valence-electron chi connectivity index (χ4n) is 0.941. The normalized spacial score (nSPS) is 30.1. The summed E-state index contributed by atoms with van der Waals surface area (Å²) in [5.74, 6) is 0. The van der Waals surface area contributed by atoms with Crippen LogP contribution in [0.3, 0.4) is 0 Å². The zero-order valence-corrected chi connectivity index (χ0v) is 6.63. The first-order valence-corrected chi connectivity index (χ1v) is 3.97. The molecular formula is C6H9BrO2. The van der Waals surface area contributed by atoms with Crippen molar-refractivity contribution in [1.82, 2.24) is 0 Å². The molecule has 0 aromatic heterocycles. The molecule has 1 aliphatic rings. The van der Waals surface area contributed by atoms with Gasteiger partial charge in [-0.3, -0.25) is 0 Å². The van der Waals surface area contributed by atoms with E-state index < -0.39 is 0 Å². The van der Waals surface area contributed by atoms with Crippen molar-refractivity contribution in [1.29, 1.82) is 0 Å². The van der Waals surface area contributed by atoms with Gasteiger partial charge in [-0.15, -0.1) is 0 Å². The number of carbonyl (C=O) groups is 1. The van der Waals surface area contributed by atoms with Crippen LogP contribution >= 0.6 is 15.9 Å². The summed E-state index contributed by atoms with van der Waals surface area (Å²) >= 11 is 3.21. The lowest BCUT2D eigenvalue weighted by atomic mass is 10.2. The van der Waals surface area contributed by atoms with Gasteiger partial charge >= 0.3 is 0 Å². The number of aldehydes is 1. The highest BCUT2D eigenvalue weighted by Crippen LogP contribution is 2.18. The van der Waals surface area contributed by atoms with Crippen molar-refractivity contribution in [2.45, 2.75) is 23.8 Å². The summed E-state index contributed by atoms with van der Waals surface area (Å²) in [6.45, 7) is 0.806. The smallest absolute Gasteiger partial charge is 0.136 e. The third-order valence-corrected chi connectivity index (χ3v) is 2.26. The van der Waals surface area contributed by atoms with Crippen molar-refractivity contribution in [2.24, 2.45) is 0 Å². The minimum Gasteiger partial charge on any atom is -0.377 e. The monoisotopic (exact) mass is 192 g/mol. The molecule has 0 amide bonds. The Labute approximate surface area is 62.7 Å². The van der Waals surface area contributed by atoms with Crippen molar-refractivity contribution >= 4 is 22.2 Å². The molecule has 0 unspecified atom stereocenters. The lowest BCUT2D eigenvalue weighted by molar-refractivity contribution is -0.109. The Morgan fingerprint density at radius 1 is 1.78 bits per heavy atom. The molecule has 1 heterocycles. The Morgan fingerprint density at radius 3 is 3.00 bits per heavy atom. The summed E-state index contributed by atoms with van der Waals surface area (Å²) in [7, 11) is 0. The van der Waals surface area contributed by atoms with E-state index in [1.54, 1.807) is 0 Å². The molecular weight excluding hydrogens is 184 g/mol. The first kappa shape index (κ1) is 7.22. The summed E-state index contributed by atoms with van der Waals surface area (Å²) in [4.78, 5) is 10.1. The van der Waals surface area contributed by atoms with Gasteiger partial charge in [-0.05, 0) is 12.8 Å². The summed E-state index contributed by atoms with van der Waals surface area (Å²) in [5, 5.41) is 0. The van der Waals surface area contributed by atoms with E-state index in [2.05, 4.69) is 15.9 Å². The van der Waals surface area contributed by atoms with E-state index in [9.17, 15) is 4.79 Å². The largest absolute Gasteiger partial charge is 0.377 e. The molecule has 2 nitrogen and oxygen atoms in total. The molecule has 1 aliphatic heterocycles. The van der Waals surface area contributed by atoms with E-state index in [1.165, 1.54) is 0 Å². The maximum atomic E-state index is 10.2. The van der Waals surface area contributed by atoms with Crippen LogP contribution in [-0.4, -0.2) is 23.8 Å². The fourth-order valence-corrected chi connectivity index (χ4v) is 1.36. The molecule has 0 bridgehead atoms. The van der Waals surface area contributed by atoms with Gasteiger partial charge in [0.15, 0.2) is 0 Å². The van der Waals surface area contributed by atoms with Gasteiger partial charge in [-0.2, -0.15) is 0 Å². The number of hydrogen-bond donors (Lipinski definition) is 0. The number of ether oxygens (including phenoxy) is 1. The lowest BCUT2D eigenvalue weighted by Gasteiger charge is -2.08. The van der Waals surface area contributed by atoms with Gasteiger partial charge in [0.1, 0.15) is 6.29 Å². The van der Waals surface area contributed by atoms with Crippen LogP contribution in [0.2, 0.25) is 0 Å². The zero-order chi connectivity index (χ0) is 6.69. The first-order chi connectivity index (χ1) is 4.34. The second-order valence-corrected chi connectivity index (χ2v) is 3.19. The number of carbonyl (C=O) groups excluding carboxylic acids is 1. The molecule has 0 radical (unpaired) electrons. The summed E-state index contributed by atoms with van der Waals surface area (Å²) in [6.07, 6.45) is 3.10. The van der Waals surface area contributed by atoms with E-state index in [1.807, 2.05) is 0 Å². The minimum absolute atomic E-state index is 0.0972. The first-order valence-electron chi connectivity index (χ1n) is 3.05. The predicted molar refractivity (Wildman–Crippen MR) is 37.8 cm³/mol. The Balaban J connectivity index is 2.32. The SMILES string of the molecule is O=C[C@H](Br)[C@@H]1CCCO1. The minimum atomic E-state index is -0.0972. The van der Waals surface area contributed by atoms with E-state index >= 15 is 0 Å². The predicted octanol–water partition coefficient (Wildman–Crippen LogP) is 1.13. The maximum absolute atomic E-state index is 10.2. The average Bonchev–Trinajstić information content (AvgIpc) is 2.37. The topological polar surface area (TPSA) is 26.3 Å². The molecule has 1 saturated heterocycles. The molecule has 0 spiro atoms. The second-order valence-electron chi connectivity index (χ2n) is 2.13. The van der Waals surface area contributed by atoms with Gasteiger partial charge in [0.05, 0.1) is 10.9 Å². The molecule has 0 N–H and O–H groups in total. The highest BCUT2D eigenvalue weighted by atomic mass is 79.9. The van der Waals surface area contributed by atoms with Gasteiger partial charge in [0.2, 0.25) is 0 Å². The average molecular weight is 193 g/mol. The number of alkyl halides is 1. The highest BCUT2D eigenvalue weighted by molar-refractivity contribution is 9.10. The number of halogens is 1. The molecule has 3 heteroatoms. The molecule has 0 aromatic rings. The fraction of sp³-hybridized carbons (Fsp3) is 0.833. The van der Waals surface area contributed by atoms with Gasteiger partial charge < -0.3 is 9.53 Å². The van der Waals surface area contributed by atoms with Gasteiger partial charge in [-0.1, -0.05) is 15.9 Å². The van der Waals surface area contributed by atoms with Gasteiger partial charge in [0, 0.05) is 6.61 Å². The van der Waals surface area contributed by atoms with Crippen LogP contribution in [-0.2, 0) is 9.53 Å². The molecule has 0 saturated carbocycles. The molecule has 0 aliphatic carbocycles. The number of rotatable bonds is 2. The summed E-state index contributed by atoms with van der Waals surface area (Å²) in [5.41, 5.74) is 0. The Hall–Kier alpha value is 0.110.